The minimum Gasteiger partial charge on any atom is -0.354 e. The van der Waals surface area contributed by atoms with Gasteiger partial charge in [0.15, 0.2) is 0 Å². The maximum Gasteiger partial charge on any atom is 0.277 e. The summed E-state index contributed by atoms with van der Waals surface area (Å²) >= 11 is 0. The highest BCUT2D eigenvalue weighted by atomic mass is 16.1. The fourth-order valence-corrected chi connectivity index (χ4v) is 3.28. The van der Waals surface area contributed by atoms with E-state index in [4.69, 9.17) is 4.98 Å². The zero-order valence-corrected chi connectivity index (χ0v) is 17.6. The minimum atomic E-state index is -0.141. The number of aliphatic imine (C=N–C) groups is 1. The van der Waals surface area contributed by atoms with E-state index < -0.39 is 0 Å². The number of allylic oxidation sites excluding steroid dienone is 3. The van der Waals surface area contributed by atoms with Gasteiger partial charge in [0.05, 0.1) is 16.4 Å². The molecule has 0 saturated carbocycles. The number of piperazine rings is 1. The van der Waals surface area contributed by atoms with Crippen LogP contribution in [0, 0.1) is 0 Å². The second-order valence-corrected chi connectivity index (χ2v) is 6.57. The average molecular weight is 408 g/mol. The van der Waals surface area contributed by atoms with Gasteiger partial charge in [-0.05, 0) is 12.1 Å². The van der Waals surface area contributed by atoms with Crippen LogP contribution >= 0.6 is 0 Å². The lowest BCUT2D eigenvalue weighted by Gasteiger charge is -2.28. The molecule has 4 rings (SSSR count). The molecule has 3 aromatic heterocycles. The number of aromatic amines is 1. The molecule has 0 atom stereocenters. The van der Waals surface area contributed by atoms with E-state index in [1.807, 2.05) is 38.1 Å². The first-order chi connectivity index (χ1) is 14.8. The molecule has 4 heterocycles. The van der Waals surface area contributed by atoms with Gasteiger partial charge >= 0.3 is 0 Å². The highest BCUT2D eigenvalue weighted by molar-refractivity contribution is 6.00. The number of hydrogen-bond acceptors (Lipinski definition) is 6. The molecule has 0 unspecified atom stereocenters. The number of anilines is 1. The van der Waals surface area contributed by atoms with Crippen molar-refractivity contribution >= 4 is 34.0 Å². The van der Waals surface area contributed by atoms with Crippen molar-refractivity contribution in [3.05, 3.63) is 53.5 Å². The first kappa shape index (κ1) is 21.4. The summed E-state index contributed by atoms with van der Waals surface area (Å²) in [6, 6.07) is 3.95. The molecule has 30 heavy (non-hydrogen) atoms. The zero-order chi connectivity index (χ0) is 21.3. The lowest BCUT2D eigenvalue weighted by molar-refractivity contribution is 0.585. The molecule has 0 aromatic carbocycles. The maximum absolute atomic E-state index is 12.7. The molecule has 0 bridgehead atoms. The quantitative estimate of drug-likeness (QED) is 0.484. The molecule has 1 saturated heterocycles. The van der Waals surface area contributed by atoms with Crippen LogP contribution in [0.5, 0.6) is 0 Å². The number of pyridine rings is 2. The predicted molar refractivity (Wildman–Crippen MR) is 125 cm³/mol. The Bertz CT molecular complexity index is 1100. The van der Waals surface area contributed by atoms with Gasteiger partial charge in [0.2, 0.25) is 0 Å². The van der Waals surface area contributed by atoms with E-state index in [1.54, 1.807) is 18.5 Å². The maximum atomic E-state index is 12.7. The van der Waals surface area contributed by atoms with Crippen LogP contribution in [0.2, 0.25) is 0 Å². The Kier molecular flexibility index (Phi) is 7.51. The Morgan fingerprint density at radius 2 is 2.07 bits per heavy atom. The summed E-state index contributed by atoms with van der Waals surface area (Å²) in [5, 5.41) is 7.03. The summed E-state index contributed by atoms with van der Waals surface area (Å²) in [6.45, 7) is 11.6. The Hall–Kier alpha value is -3.26. The standard InChI is InChI=1S/C20H23N7O.C2H6/c1-2-3-4-5-8-22-14-27-20(28)15-13-23-16-6-7-17(24-19(16)18(15)25-27)26-11-9-21-10-12-26;1-2/h2-4,6-8,13,21,25H,1,5,9-12,14H2;1-2H3/b4-3-,22-8-;. The van der Waals surface area contributed by atoms with Crippen molar-refractivity contribution in [3.63, 3.8) is 0 Å². The van der Waals surface area contributed by atoms with Gasteiger partial charge in [0.1, 0.15) is 18.0 Å². The largest absolute Gasteiger partial charge is 0.354 e. The molecular weight excluding hydrogens is 378 g/mol. The van der Waals surface area contributed by atoms with Crippen molar-refractivity contribution in [2.75, 3.05) is 31.1 Å². The second-order valence-electron chi connectivity index (χ2n) is 6.57. The van der Waals surface area contributed by atoms with E-state index in [1.165, 1.54) is 4.68 Å². The molecular formula is C22H29N7O. The summed E-state index contributed by atoms with van der Waals surface area (Å²) < 4.78 is 1.48. The highest BCUT2D eigenvalue weighted by Crippen LogP contribution is 2.22. The van der Waals surface area contributed by atoms with Gasteiger partial charge in [-0.25, -0.2) is 9.67 Å². The SMILES string of the molecule is C=C/C=C\C/C=N\Cn1[nH]c2c(cnc3ccc(N4CCNCC4)nc32)c1=O.CC. The van der Waals surface area contributed by atoms with Gasteiger partial charge in [-0.15, -0.1) is 0 Å². The fourth-order valence-electron chi connectivity index (χ4n) is 3.28. The van der Waals surface area contributed by atoms with Crippen molar-refractivity contribution in [3.8, 4) is 0 Å². The van der Waals surface area contributed by atoms with Crippen LogP contribution in [0.15, 0.2) is 52.9 Å². The van der Waals surface area contributed by atoms with Gasteiger partial charge < -0.3 is 10.2 Å². The van der Waals surface area contributed by atoms with Gasteiger partial charge in [-0.3, -0.25) is 19.9 Å². The smallest absolute Gasteiger partial charge is 0.277 e. The van der Waals surface area contributed by atoms with Gasteiger partial charge in [0, 0.05) is 45.0 Å². The van der Waals surface area contributed by atoms with Crippen molar-refractivity contribution in [2.45, 2.75) is 26.9 Å². The zero-order valence-electron chi connectivity index (χ0n) is 17.6. The third-order valence-electron chi connectivity index (χ3n) is 4.73. The molecule has 0 radical (unpaired) electrons. The van der Waals surface area contributed by atoms with Crippen LogP contribution in [-0.2, 0) is 6.67 Å². The summed E-state index contributed by atoms with van der Waals surface area (Å²) in [6.07, 6.45) is 9.60. The third kappa shape index (κ3) is 4.65. The molecule has 0 spiro atoms. The van der Waals surface area contributed by atoms with E-state index in [-0.39, 0.29) is 12.2 Å². The molecule has 1 aliphatic rings. The number of nitrogens with zero attached hydrogens (tertiary/aromatic N) is 5. The van der Waals surface area contributed by atoms with Crippen LogP contribution in [0.25, 0.3) is 21.9 Å². The molecule has 3 aromatic rings. The van der Waals surface area contributed by atoms with Crippen molar-refractivity contribution in [1.29, 1.82) is 0 Å². The topological polar surface area (TPSA) is 91.2 Å². The normalized spacial score (nSPS) is 14.5. The highest BCUT2D eigenvalue weighted by Gasteiger charge is 2.15. The number of H-pyrrole nitrogens is 1. The van der Waals surface area contributed by atoms with E-state index in [2.05, 4.69) is 31.9 Å². The van der Waals surface area contributed by atoms with Crippen molar-refractivity contribution < 1.29 is 0 Å². The fraction of sp³-hybridized carbons (Fsp3) is 0.364. The van der Waals surface area contributed by atoms with Crippen molar-refractivity contribution in [1.82, 2.24) is 25.1 Å². The summed E-state index contributed by atoms with van der Waals surface area (Å²) in [4.78, 5) is 28.4. The molecule has 8 heteroatoms. The molecule has 0 aliphatic carbocycles. The Morgan fingerprint density at radius 3 is 2.83 bits per heavy atom. The average Bonchev–Trinajstić information content (AvgIpc) is 3.13. The molecule has 0 amide bonds. The van der Waals surface area contributed by atoms with Crippen LogP contribution in [0.4, 0.5) is 5.82 Å². The minimum absolute atomic E-state index is 0.141. The number of fused-ring (bicyclic) bond motifs is 3. The van der Waals surface area contributed by atoms with Gasteiger partial charge in [-0.2, -0.15) is 0 Å². The van der Waals surface area contributed by atoms with Crippen LogP contribution in [0.1, 0.15) is 20.3 Å². The Morgan fingerprint density at radius 1 is 1.27 bits per heavy atom. The first-order valence-corrected chi connectivity index (χ1v) is 10.4. The number of nitrogens with one attached hydrogen (secondary N) is 2. The van der Waals surface area contributed by atoms with E-state index >= 15 is 0 Å². The Balaban J connectivity index is 0.00000124. The first-order valence-electron chi connectivity index (χ1n) is 10.4. The van der Waals surface area contributed by atoms with Crippen LogP contribution in [0.3, 0.4) is 0 Å². The van der Waals surface area contributed by atoms with Crippen molar-refractivity contribution in [2.24, 2.45) is 4.99 Å². The van der Waals surface area contributed by atoms with Crippen LogP contribution in [-0.4, -0.2) is 52.1 Å². The lowest BCUT2D eigenvalue weighted by atomic mass is 10.2. The van der Waals surface area contributed by atoms with Gasteiger partial charge in [-0.1, -0.05) is 38.7 Å². The number of rotatable bonds is 6. The Labute approximate surface area is 176 Å². The molecule has 8 nitrogen and oxygen atoms in total. The third-order valence-corrected chi connectivity index (χ3v) is 4.73. The van der Waals surface area contributed by atoms with E-state index in [0.717, 1.165) is 37.5 Å². The molecule has 1 aliphatic heterocycles. The van der Waals surface area contributed by atoms with E-state index in [9.17, 15) is 4.79 Å². The second kappa shape index (κ2) is 10.5. The van der Waals surface area contributed by atoms with E-state index in [0.29, 0.717) is 22.8 Å². The summed E-state index contributed by atoms with van der Waals surface area (Å²) in [5.41, 5.74) is 2.03. The van der Waals surface area contributed by atoms with Crippen LogP contribution < -0.4 is 15.8 Å². The number of aromatic nitrogens is 4. The number of hydrogen-bond donors (Lipinski definition) is 2. The monoisotopic (exact) mass is 407 g/mol. The summed E-state index contributed by atoms with van der Waals surface area (Å²) in [5.74, 6) is 0.906. The lowest BCUT2D eigenvalue weighted by Crippen LogP contribution is -2.43. The molecule has 2 N–H and O–H groups in total. The van der Waals surface area contributed by atoms with Gasteiger partial charge in [0.25, 0.3) is 5.56 Å². The molecule has 158 valence electrons. The molecule has 1 fully saturated rings. The summed E-state index contributed by atoms with van der Waals surface area (Å²) in [7, 11) is 0. The predicted octanol–water partition coefficient (Wildman–Crippen LogP) is 2.87.